The summed E-state index contributed by atoms with van der Waals surface area (Å²) < 4.78 is 2.26. The van der Waals surface area contributed by atoms with Crippen molar-refractivity contribution in [2.45, 2.75) is 97.8 Å². The highest BCUT2D eigenvalue weighted by Crippen LogP contribution is 2.46. The summed E-state index contributed by atoms with van der Waals surface area (Å²) in [5.74, 6) is 0.952. The fourth-order valence-corrected chi connectivity index (χ4v) is 9.33. The first-order chi connectivity index (χ1) is 31.8. The van der Waals surface area contributed by atoms with E-state index in [0.717, 1.165) is 72.5 Å². The van der Waals surface area contributed by atoms with Crippen LogP contribution < -0.4 is 0 Å². The van der Waals surface area contributed by atoms with Crippen LogP contribution in [0.25, 0.3) is 72.7 Å². The van der Waals surface area contributed by atoms with E-state index >= 15 is 0 Å². The van der Waals surface area contributed by atoms with E-state index in [2.05, 4.69) is 251 Å². The molecule has 0 fully saturated rings. The molecule has 1 N–H and O–H groups in total. The number of aromatic nitrogens is 3. The third kappa shape index (κ3) is 8.74. The molecule has 2 heterocycles. The van der Waals surface area contributed by atoms with Crippen molar-refractivity contribution in [2.75, 3.05) is 0 Å². The van der Waals surface area contributed by atoms with Gasteiger partial charge in [-0.3, -0.25) is 9.55 Å². The average molecular weight is 878 g/mol. The highest BCUT2D eigenvalue weighted by atomic mass is 16.3. The van der Waals surface area contributed by atoms with Crippen LogP contribution in [0.2, 0.25) is 0 Å². The zero-order chi connectivity index (χ0) is 47.5. The first-order valence-corrected chi connectivity index (χ1v) is 23.6. The number of rotatable bonds is 8. The van der Waals surface area contributed by atoms with Gasteiger partial charge in [-0.2, -0.15) is 0 Å². The van der Waals surface area contributed by atoms with Crippen LogP contribution in [-0.2, 0) is 21.7 Å². The van der Waals surface area contributed by atoms with Gasteiger partial charge < -0.3 is 5.11 Å². The number of para-hydroxylation sites is 2. The van der Waals surface area contributed by atoms with E-state index in [1.807, 2.05) is 6.20 Å². The Kier molecular flexibility index (Phi) is 11.4. The van der Waals surface area contributed by atoms with Crippen molar-refractivity contribution in [1.82, 2.24) is 14.5 Å². The zero-order valence-corrected chi connectivity index (χ0v) is 41.0. The second kappa shape index (κ2) is 17.0. The number of aromatic hydroxyl groups is 1. The Balaban J connectivity index is 1.24. The molecule has 336 valence electrons. The molecule has 0 saturated carbocycles. The predicted octanol–water partition coefficient (Wildman–Crippen LogP) is 16.7. The van der Waals surface area contributed by atoms with Crippen LogP contribution in [0.4, 0.5) is 0 Å². The van der Waals surface area contributed by atoms with Gasteiger partial charge in [-0.25, -0.2) is 4.98 Å². The molecule has 0 spiro atoms. The Bertz CT molecular complexity index is 3240. The van der Waals surface area contributed by atoms with E-state index in [4.69, 9.17) is 9.97 Å². The molecule has 0 aliphatic carbocycles. The lowest BCUT2D eigenvalue weighted by Crippen LogP contribution is -2.18. The summed E-state index contributed by atoms with van der Waals surface area (Å²) in [7, 11) is 0. The van der Waals surface area contributed by atoms with Crippen LogP contribution in [0.5, 0.6) is 5.75 Å². The molecular formula is C63H63N3O. The van der Waals surface area contributed by atoms with Crippen LogP contribution in [0.15, 0.2) is 176 Å². The SMILES string of the molecule is CC(C)(C)c1cc(-c2cc(-c3ccc(C(C)(C)c4ccccc4)cc3)ccn2)cc(-c2cccc3c2nc(-c2cc(C(C)(C)C)cc(C(C)(C)C)c2O)n3-c2ccccc2-c2ccccc2)c1. The first kappa shape index (κ1) is 45.1. The predicted molar refractivity (Wildman–Crippen MR) is 282 cm³/mol. The molecule has 4 nitrogen and oxygen atoms in total. The Labute approximate surface area is 398 Å². The minimum Gasteiger partial charge on any atom is -0.507 e. The van der Waals surface area contributed by atoms with Gasteiger partial charge in [0.2, 0.25) is 0 Å². The molecule has 7 aromatic carbocycles. The van der Waals surface area contributed by atoms with Gasteiger partial charge in [-0.05, 0) is 103 Å². The maximum absolute atomic E-state index is 12.5. The fraction of sp³-hybridized carbons (Fsp3) is 0.238. The molecular weight excluding hydrogens is 815 g/mol. The second-order valence-electron chi connectivity index (χ2n) is 21.8. The van der Waals surface area contributed by atoms with Crippen LogP contribution in [0.3, 0.4) is 0 Å². The number of imidazole rings is 1. The molecule has 67 heavy (non-hydrogen) atoms. The number of hydrogen-bond donors (Lipinski definition) is 1. The van der Waals surface area contributed by atoms with E-state index < -0.39 is 0 Å². The van der Waals surface area contributed by atoms with Crippen LogP contribution in [-0.4, -0.2) is 19.6 Å². The van der Waals surface area contributed by atoms with E-state index in [1.165, 1.54) is 16.7 Å². The summed E-state index contributed by atoms with van der Waals surface area (Å²) in [6.07, 6.45) is 1.93. The lowest BCUT2D eigenvalue weighted by molar-refractivity contribution is 0.446. The van der Waals surface area contributed by atoms with E-state index in [-0.39, 0.29) is 27.4 Å². The molecule has 4 heteroatoms. The van der Waals surface area contributed by atoms with Crippen molar-refractivity contribution in [1.29, 1.82) is 0 Å². The molecule has 0 unspecified atom stereocenters. The van der Waals surface area contributed by atoms with E-state index in [0.29, 0.717) is 11.4 Å². The molecule has 9 aromatic rings. The molecule has 0 amide bonds. The van der Waals surface area contributed by atoms with E-state index in [9.17, 15) is 5.11 Å². The summed E-state index contributed by atoms with van der Waals surface area (Å²) in [5.41, 5.74) is 17.0. The van der Waals surface area contributed by atoms with Crippen molar-refractivity contribution >= 4 is 11.0 Å². The van der Waals surface area contributed by atoms with Crippen LogP contribution in [0, 0.1) is 0 Å². The first-order valence-electron chi connectivity index (χ1n) is 23.6. The largest absolute Gasteiger partial charge is 0.507 e. The van der Waals surface area contributed by atoms with Gasteiger partial charge in [0.25, 0.3) is 0 Å². The Hall–Kier alpha value is -7.04. The minimum absolute atomic E-state index is 0.121. The monoisotopic (exact) mass is 877 g/mol. The highest BCUT2D eigenvalue weighted by molar-refractivity contribution is 5.98. The molecule has 0 saturated heterocycles. The number of pyridine rings is 1. The zero-order valence-electron chi connectivity index (χ0n) is 41.0. The molecule has 9 rings (SSSR count). The maximum atomic E-state index is 12.5. The third-order valence-electron chi connectivity index (χ3n) is 13.5. The molecule has 2 aromatic heterocycles. The van der Waals surface area contributed by atoms with Crippen molar-refractivity contribution in [3.63, 3.8) is 0 Å². The summed E-state index contributed by atoms with van der Waals surface area (Å²) in [4.78, 5) is 10.7. The van der Waals surface area contributed by atoms with Crippen molar-refractivity contribution in [3.8, 4) is 67.5 Å². The standard InChI is InChI=1S/C63H63N3O/c1-60(2,3)48-36-44(35-45(37-48)54-38-43(33-34-64-54)41-29-31-47(32-30-41)63(10,11)46-23-16-13-17-24-46)51-26-20-28-56-57(51)65-59(52-39-49(61(4,5)6)40-53(58(52)67)62(7,8)9)66(56)55-27-19-18-25-50(55)42-21-14-12-15-22-42/h12-40,67H,1-11H3. The van der Waals surface area contributed by atoms with Crippen molar-refractivity contribution in [2.24, 2.45) is 0 Å². The lowest BCUT2D eigenvalue weighted by Gasteiger charge is -2.27. The van der Waals surface area contributed by atoms with Gasteiger partial charge in [-0.15, -0.1) is 0 Å². The van der Waals surface area contributed by atoms with Crippen LogP contribution >= 0.6 is 0 Å². The normalized spacial score (nSPS) is 12.5. The second-order valence-corrected chi connectivity index (χ2v) is 21.8. The summed E-state index contributed by atoms with van der Waals surface area (Å²) >= 11 is 0. The van der Waals surface area contributed by atoms with Gasteiger partial charge in [0.1, 0.15) is 11.6 Å². The Morgan fingerprint density at radius 2 is 1.01 bits per heavy atom. The molecule has 0 bridgehead atoms. The third-order valence-corrected chi connectivity index (χ3v) is 13.5. The Morgan fingerprint density at radius 3 is 1.69 bits per heavy atom. The smallest absolute Gasteiger partial charge is 0.149 e. The molecule has 0 aliphatic heterocycles. The van der Waals surface area contributed by atoms with Crippen molar-refractivity contribution in [3.05, 3.63) is 204 Å². The quantitative estimate of drug-likeness (QED) is 0.165. The lowest BCUT2D eigenvalue weighted by atomic mass is 9.78. The number of benzene rings is 7. The molecule has 0 radical (unpaired) electrons. The topological polar surface area (TPSA) is 50.9 Å². The number of fused-ring (bicyclic) bond motifs is 1. The van der Waals surface area contributed by atoms with Crippen LogP contribution in [0.1, 0.15) is 104 Å². The maximum Gasteiger partial charge on any atom is 0.149 e. The summed E-state index contributed by atoms with van der Waals surface area (Å²) in [6.45, 7) is 24.6. The van der Waals surface area contributed by atoms with E-state index in [1.54, 1.807) is 0 Å². The minimum atomic E-state index is -0.318. The van der Waals surface area contributed by atoms with Crippen molar-refractivity contribution < 1.29 is 5.11 Å². The van der Waals surface area contributed by atoms with Gasteiger partial charge in [-0.1, -0.05) is 204 Å². The summed E-state index contributed by atoms with van der Waals surface area (Å²) in [6, 6.07) is 60.8. The van der Waals surface area contributed by atoms with Gasteiger partial charge >= 0.3 is 0 Å². The summed E-state index contributed by atoms with van der Waals surface area (Å²) in [5, 5.41) is 12.5. The number of phenolic OH excluding ortho intramolecular Hbond substituents is 1. The Morgan fingerprint density at radius 1 is 0.418 bits per heavy atom. The highest BCUT2D eigenvalue weighted by Gasteiger charge is 2.30. The molecule has 0 atom stereocenters. The number of phenols is 1. The van der Waals surface area contributed by atoms with Gasteiger partial charge in [0.15, 0.2) is 0 Å². The number of hydrogen-bond acceptors (Lipinski definition) is 3. The number of nitrogens with zero attached hydrogens (tertiary/aromatic N) is 3. The molecule has 0 aliphatic rings. The van der Waals surface area contributed by atoms with Gasteiger partial charge in [0, 0.05) is 33.9 Å². The van der Waals surface area contributed by atoms with Gasteiger partial charge in [0.05, 0.1) is 28.0 Å². The average Bonchev–Trinajstić information content (AvgIpc) is 3.70. The fourth-order valence-electron chi connectivity index (χ4n) is 9.33.